The second kappa shape index (κ2) is 5.31. The van der Waals surface area contributed by atoms with Gasteiger partial charge >= 0.3 is 0 Å². The fourth-order valence-corrected chi connectivity index (χ4v) is 0.900. The van der Waals surface area contributed by atoms with Crippen LogP contribution in [0.1, 0.15) is 6.92 Å². The molecule has 0 amide bonds. The summed E-state index contributed by atoms with van der Waals surface area (Å²) in [6.07, 6.45) is 1.05. The van der Waals surface area contributed by atoms with E-state index in [4.69, 9.17) is 0 Å². The Hall–Kier alpha value is -1.46. The number of rotatable bonds is 5. The van der Waals surface area contributed by atoms with Gasteiger partial charge in [-0.15, -0.1) is 0 Å². The van der Waals surface area contributed by atoms with Crippen molar-refractivity contribution in [3.8, 4) is 0 Å². The molecule has 0 aromatic carbocycles. The van der Waals surface area contributed by atoms with Crippen molar-refractivity contribution in [1.82, 2.24) is 9.97 Å². The monoisotopic (exact) mass is 202 g/mol. The number of nitrogens with one attached hydrogen (secondary N) is 2. The number of hydrogen-bond acceptors (Lipinski definition) is 4. The third-order valence-corrected chi connectivity index (χ3v) is 1.47. The quantitative estimate of drug-likeness (QED) is 0.758. The molecule has 2 N–H and O–H groups in total. The molecule has 0 aliphatic carbocycles. The summed E-state index contributed by atoms with van der Waals surface area (Å²) in [4.78, 5) is 7.53. The molecular formula is C8H12F2N4. The minimum Gasteiger partial charge on any atom is -0.365 e. The number of hydrogen-bond donors (Lipinski definition) is 2. The summed E-state index contributed by atoms with van der Waals surface area (Å²) in [5.41, 5.74) is 0. The molecule has 78 valence electrons. The fourth-order valence-electron chi connectivity index (χ4n) is 0.900. The highest BCUT2D eigenvalue weighted by Gasteiger charge is 2.05. The lowest BCUT2D eigenvalue weighted by atomic mass is 10.5. The maximum Gasteiger partial charge on any atom is 0.224 e. The first-order valence-corrected chi connectivity index (χ1v) is 4.34. The Labute approximate surface area is 80.8 Å². The molecular weight excluding hydrogens is 190 g/mol. The maximum atomic E-state index is 13.0. The van der Waals surface area contributed by atoms with Crippen LogP contribution in [0.2, 0.25) is 0 Å². The molecule has 14 heavy (non-hydrogen) atoms. The van der Waals surface area contributed by atoms with Gasteiger partial charge in [0.1, 0.15) is 6.67 Å². The Kier molecular flexibility index (Phi) is 4.03. The number of aromatic nitrogens is 2. The molecule has 1 rings (SSSR count). The lowest BCUT2D eigenvalue weighted by Crippen LogP contribution is -2.10. The van der Waals surface area contributed by atoms with Crippen LogP contribution in [0.5, 0.6) is 0 Å². The van der Waals surface area contributed by atoms with Crippen molar-refractivity contribution in [2.45, 2.75) is 6.92 Å². The van der Waals surface area contributed by atoms with Gasteiger partial charge in [0.15, 0.2) is 11.6 Å². The second-order valence-corrected chi connectivity index (χ2v) is 2.54. The van der Waals surface area contributed by atoms with E-state index in [-0.39, 0.29) is 12.4 Å². The van der Waals surface area contributed by atoms with Gasteiger partial charge in [0.05, 0.1) is 6.20 Å². The first kappa shape index (κ1) is 10.6. The molecule has 0 aliphatic heterocycles. The zero-order valence-corrected chi connectivity index (χ0v) is 7.85. The summed E-state index contributed by atoms with van der Waals surface area (Å²) < 4.78 is 24.8. The molecule has 0 radical (unpaired) electrons. The highest BCUT2D eigenvalue weighted by atomic mass is 19.1. The number of alkyl halides is 1. The molecule has 0 aliphatic rings. The standard InChI is InChI=1S/C8H12F2N4/c1-2-11-8-13-5-6(10)7(14-8)12-4-3-9/h5H,2-4H2,1H3,(H2,11,12,13,14). The highest BCUT2D eigenvalue weighted by molar-refractivity contribution is 5.40. The van der Waals surface area contributed by atoms with Gasteiger partial charge in [-0.25, -0.2) is 13.8 Å². The summed E-state index contributed by atoms with van der Waals surface area (Å²) >= 11 is 0. The zero-order chi connectivity index (χ0) is 10.4. The van der Waals surface area contributed by atoms with Gasteiger partial charge in [0.25, 0.3) is 0 Å². The molecule has 1 heterocycles. The van der Waals surface area contributed by atoms with Gasteiger partial charge in [-0.3, -0.25) is 0 Å². The van der Waals surface area contributed by atoms with E-state index < -0.39 is 12.5 Å². The van der Waals surface area contributed by atoms with E-state index >= 15 is 0 Å². The molecule has 6 heteroatoms. The van der Waals surface area contributed by atoms with Crippen molar-refractivity contribution >= 4 is 11.8 Å². The third-order valence-electron chi connectivity index (χ3n) is 1.47. The summed E-state index contributed by atoms with van der Waals surface area (Å²) in [7, 11) is 0. The number of nitrogens with zero attached hydrogens (tertiary/aromatic N) is 2. The predicted octanol–water partition coefficient (Wildman–Crippen LogP) is 1.43. The molecule has 0 saturated carbocycles. The SMILES string of the molecule is CCNc1ncc(F)c(NCCF)n1. The largest absolute Gasteiger partial charge is 0.365 e. The van der Waals surface area contributed by atoms with E-state index in [1.54, 1.807) is 0 Å². The van der Waals surface area contributed by atoms with Crippen LogP contribution in [-0.2, 0) is 0 Å². The average Bonchev–Trinajstić information content (AvgIpc) is 2.19. The molecule has 0 atom stereocenters. The van der Waals surface area contributed by atoms with Crippen LogP contribution >= 0.6 is 0 Å². The third kappa shape index (κ3) is 2.79. The van der Waals surface area contributed by atoms with E-state index in [1.165, 1.54) is 0 Å². The molecule has 0 unspecified atom stereocenters. The van der Waals surface area contributed by atoms with Crippen LogP contribution in [0.25, 0.3) is 0 Å². The van der Waals surface area contributed by atoms with Gasteiger partial charge in [-0.05, 0) is 6.92 Å². The lowest BCUT2D eigenvalue weighted by molar-refractivity contribution is 0.510. The Morgan fingerprint density at radius 3 is 2.86 bits per heavy atom. The van der Waals surface area contributed by atoms with E-state index in [0.717, 1.165) is 6.20 Å². The Morgan fingerprint density at radius 1 is 1.43 bits per heavy atom. The fraction of sp³-hybridized carbons (Fsp3) is 0.500. The Morgan fingerprint density at radius 2 is 2.21 bits per heavy atom. The summed E-state index contributed by atoms with van der Waals surface area (Å²) in [5, 5.41) is 5.35. The van der Waals surface area contributed by atoms with Gasteiger partial charge in [0, 0.05) is 13.1 Å². The summed E-state index contributed by atoms with van der Waals surface area (Å²) in [6, 6.07) is 0. The van der Waals surface area contributed by atoms with Crippen LogP contribution in [0.4, 0.5) is 20.5 Å². The topological polar surface area (TPSA) is 49.8 Å². The van der Waals surface area contributed by atoms with Gasteiger partial charge < -0.3 is 10.6 Å². The molecule has 0 bridgehead atoms. The summed E-state index contributed by atoms with van der Waals surface area (Å²) in [5.74, 6) is -0.232. The minimum atomic E-state index is -0.583. The van der Waals surface area contributed by atoms with Gasteiger partial charge in [0.2, 0.25) is 5.95 Å². The van der Waals surface area contributed by atoms with Gasteiger partial charge in [-0.1, -0.05) is 0 Å². The first-order valence-electron chi connectivity index (χ1n) is 4.34. The average molecular weight is 202 g/mol. The molecule has 1 aromatic rings. The number of anilines is 2. The van der Waals surface area contributed by atoms with E-state index in [9.17, 15) is 8.78 Å². The minimum absolute atomic E-state index is 0.0219. The summed E-state index contributed by atoms with van der Waals surface area (Å²) in [6.45, 7) is 2.00. The highest BCUT2D eigenvalue weighted by Crippen LogP contribution is 2.10. The molecule has 1 aromatic heterocycles. The number of halogens is 2. The Bertz CT molecular complexity index is 293. The maximum absolute atomic E-state index is 13.0. The van der Waals surface area contributed by atoms with E-state index in [2.05, 4.69) is 20.6 Å². The van der Waals surface area contributed by atoms with Crippen molar-refractivity contribution in [3.05, 3.63) is 12.0 Å². The van der Waals surface area contributed by atoms with Crippen LogP contribution < -0.4 is 10.6 Å². The van der Waals surface area contributed by atoms with E-state index in [0.29, 0.717) is 12.5 Å². The van der Waals surface area contributed by atoms with Crippen molar-refractivity contribution in [2.75, 3.05) is 30.4 Å². The van der Waals surface area contributed by atoms with Crippen LogP contribution in [0.3, 0.4) is 0 Å². The predicted molar refractivity (Wildman–Crippen MR) is 50.6 cm³/mol. The molecule has 0 fully saturated rings. The van der Waals surface area contributed by atoms with Crippen LogP contribution in [0, 0.1) is 5.82 Å². The van der Waals surface area contributed by atoms with Crippen molar-refractivity contribution < 1.29 is 8.78 Å². The van der Waals surface area contributed by atoms with Crippen LogP contribution in [-0.4, -0.2) is 29.7 Å². The van der Waals surface area contributed by atoms with Gasteiger partial charge in [-0.2, -0.15) is 4.98 Å². The zero-order valence-electron chi connectivity index (χ0n) is 7.85. The molecule has 0 spiro atoms. The van der Waals surface area contributed by atoms with E-state index in [1.807, 2.05) is 6.92 Å². The second-order valence-electron chi connectivity index (χ2n) is 2.54. The smallest absolute Gasteiger partial charge is 0.224 e. The normalized spacial score (nSPS) is 9.93. The Balaban J connectivity index is 2.74. The first-order chi connectivity index (χ1) is 6.77. The van der Waals surface area contributed by atoms with Crippen molar-refractivity contribution in [1.29, 1.82) is 0 Å². The van der Waals surface area contributed by atoms with Crippen molar-refractivity contribution in [3.63, 3.8) is 0 Å². The molecule has 4 nitrogen and oxygen atoms in total. The van der Waals surface area contributed by atoms with Crippen molar-refractivity contribution in [2.24, 2.45) is 0 Å². The lowest BCUT2D eigenvalue weighted by Gasteiger charge is -2.06. The molecule has 0 saturated heterocycles. The van der Waals surface area contributed by atoms with Crippen LogP contribution in [0.15, 0.2) is 6.20 Å².